The smallest absolute Gasteiger partial charge is 0.223 e. The highest BCUT2D eigenvalue weighted by Gasteiger charge is 2.20. The number of piperidine rings is 1. The summed E-state index contributed by atoms with van der Waals surface area (Å²) in [4.78, 5) is 16.5. The van der Waals surface area contributed by atoms with Gasteiger partial charge in [-0.1, -0.05) is 6.92 Å². The molecule has 2 fully saturated rings. The fourth-order valence-corrected chi connectivity index (χ4v) is 3.73. The Balaban J connectivity index is 1.47. The van der Waals surface area contributed by atoms with Crippen LogP contribution in [0.25, 0.3) is 5.65 Å². The summed E-state index contributed by atoms with van der Waals surface area (Å²) in [5, 5.41) is 13.2. The van der Waals surface area contributed by atoms with Crippen molar-refractivity contribution in [2.24, 2.45) is 5.92 Å². The molecule has 4 rings (SSSR count). The zero-order valence-electron chi connectivity index (χ0n) is 14.9. The van der Waals surface area contributed by atoms with Crippen LogP contribution in [0.4, 0.5) is 5.82 Å². The van der Waals surface area contributed by atoms with Crippen molar-refractivity contribution in [1.82, 2.24) is 24.7 Å². The summed E-state index contributed by atoms with van der Waals surface area (Å²) in [7, 11) is 0. The number of hydrogen-bond acceptors (Lipinski definition) is 5. The van der Waals surface area contributed by atoms with Crippen LogP contribution in [0, 0.1) is 5.92 Å². The summed E-state index contributed by atoms with van der Waals surface area (Å²) in [6, 6.07) is 4.00. The summed E-state index contributed by atoms with van der Waals surface area (Å²) in [6.07, 6.45) is 5.73. The van der Waals surface area contributed by atoms with E-state index in [1.807, 2.05) is 21.5 Å². The van der Waals surface area contributed by atoms with Crippen LogP contribution in [-0.2, 0) is 11.2 Å². The molecule has 0 bridgehead atoms. The van der Waals surface area contributed by atoms with Gasteiger partial charge in [0, 0.05) is 39.0 Å². The SMILES string of the molecule is CC1CCN(c2ccc3nnc(CCC(=O)N4CCCC4)n3n2)CC1. The Kier molecular flexibility index (Phi) is 4.55. The Morgan fingerprint density at radius 1 is 1.12 bits per heavy atom. The molecule has 7 nitrogen and oxygen atoms in total. The maximum Gasteiger partial charge on any atom is 0.223 e. The Bertz CT molecular complexity index is 743. The van der Waals surface area contributed by atoms with Crippen molar-refractivity contribution in [2.45, 2.75) is 45.4 Å². The van der Waals surface area contributed by atoms with E-state index < -0.39 is 0 Å². The fraction of sp³-hybridized carbons (Fsp3) is 0.667. The number of anilines is 1. The van der Waals surface area contributed by atoms with Gasteiger partial charge in [-0.05, 0) is 43.7 Å². The van der Waals surface area contributed by atoms with Crippen molar-refractivity contribution in [3.8, 4) is 0 Å². The minimum atomic E-state index is 0.218. The van der Waals surface area contributed by atoms with Gasteiger partial charge in [0.2, 0.25) is 5.91 Å². The largest absolute Gasteiger partial charge is 0.355 e. The Labute approximate surface area is 148 Å². The Morgan fingerprint density at radius 2 is 1.88 bits per heavy atom. The van der Waals surface area contributed by atoms with Crippen molar-refractivity contribution >= 4 is 17.4 Å². The monoisotopic (exact) mass is 342 g/mol. The van der Waals surface area contributed by atoms with E-state index >= 15 is 0 Å². The molecule has 0 aromatic carbocycles. The summed E-state index contributed by atoms with van der Waals surface area (Å²) >= 11 is 0. The third kappa shape index (κ3) is 3.45. The number of amides is 1. The summed E-state index contributed by atoms with van der Waals surface area (Å²) in [5.74, 6) is 2.76. The highest BCUT2D eigenvalue weighted by molar-refractivity contribution is 5.76. The molecular weight excluding hydrogens is 316 g/mol. The summed E-state index contributed by atoms with van der Waals surface area (Å²) in [6.45, 7) is 6.20. The number of aromatic nitrogens is 4. The molecule has 0 radical (unpaired) electrons. The van der Waals surface area contributed by atoms with Gasteiger partial charge in [0.05, 0.1) is 0 Å². The van der Waals surface area contributed by atoms with Gasteiger partial charge in [0.15, 0.2) is 11.5 Å². The molecule has 0 N–H and O–H groups in total. The van der Waals surface area contributed by atoms with Crippen LogP contribution < -0.4 is 4.90 Å². The molecule has 2 aliphatic heterocycles. The van der Waals surface area contributed by atoms with Crippen molar-refractivity contribution < 1.29 is 4.79 Å². The number of carbonyl (C=O) groups is 1. The predicted octanol–water partition coefficient (Wildman–Crippen LogP) is 1.92. The first kappa shape index (κ1) is 16.3. The van der Waals surface area contributed by atoms with E-state index in [0.29, 0.717) is 12.8 Å². The van der Waals surface area contributed by atoms with Gasteiger partial charge in [-0.3, -0.25) is 4.79 Å². The molecule has 0 spiro atoms. The quantitative estimate of drug-likeness (QED) is 0.849. The number of carbonyl (C=O) groups excluding carboxylic acids is 1. The molecule has 7 heteroatoms. The van der Waals surface area contributed by atoms with E-state index in [4.69, 9.17) is 5.10 Å². The second kappa shape index (κ2) is 6.98. The van der Waals surface area contributed by atoms with Gasteiger partial charge in [0.25, 0.3) is 0 Å². The first-order chi connectivity index (χ1) is 12.2. The predicted molar refractivity (Wildman–Crippen MR) is 95.5 cm³/mol. The topological polar surface area (TPSA) is 66.6 Å². The lowest BCUT2D eigenvalue weighted by atomic mass is 9.99. The van der Waals surface area contributed by atoms with E-state index in [1.54, 1.807) is 0 Å². The highest BCUT2D eigenvalue weighted by atomic mass is 16.2. The van der Waals surface area contributed by atoms with Crippen molar-refractivity contribution in [3.63, 3.8) is 0 Å². The van der Waals surface area contributed by atoms with Gasteiger partial charge in [0.1, 0.15) is 5.82 Å². The van der Waals surface area contributed by atoms with Gasteiger partial charge in [-0.2, -0.15) is 4.52 Å². The van der Waals surface area contributed by atoms with E-state index in [0.717, 1.165) is 62.2 Å². The van der Waals surface area contributed by atoms with Crippen LogP contribution in [0.5, 0.6) is 0 Å². The van der Waals surface area contributed by atoms with Crippen LogP contribution in [0.1, 0.15) is 44.9 Å². The number of nitrogens with zero attached hydrogens (tertiary/aromatic N) is 6. The van der Waals surface area contributed by atoms with E-state index in [9.17, 15) is 4.79 Å². The highest BCUT2D eigenvalue weighted by Crippen LogP contribution is 2.21. The molecule has 4 heterocycles. The van der Waals surface area contributed by atoms with Crippen LogP contribution in [0.15, 0.2) is 12.1 Å². The number of rotatable bonds is 4. The third-order valence-electron chi connectivity index (χ3n) is 5.44. The average Bonchev–Trinajstić information content (AvgIpc) is 3.30. The van der Waals surface area contributed by atoms with Gasteiger partial charge < -0.3 is 9.80 Å². The third-order valence-corrected chi connectivity index (χ3v) is 5.44. The minimum absolute atomic E-state index is 0.218. The van der Waals surface area contributed by atoms with E-state index in [1.165, 1.54) is 12.8 Å². The fourth-order valence-electron chi connectivity index (χ4n) is 3.73. The van der Waals surface area contributed by atoms with Gasteiger partial charge in [-0.25, -0.2) is 0 Å². The molecule has 1 amide bonds. The molecule has 0 atom stereocenters. The average molecular weight is 342 g/mol. The Hall–Kier alpha value is -2.18. The van der Waals surface area contributed by atoms with E-state index in [-0.39, 0.29) is 5.91 Å². The van der Waals surface area contributed by atoms with Crippen molar-refractivity contribution in [3.05, 3.63) is 18.0 Å². The summed E-state index contributed by atoms with van der Waals surface area (Å²) < 4.78 is 1.81. The molecular formula is C18H26N6O. The first-order valence-corrected chi connectivity index (χ1v) is 9.45. The van der Waals surface area contributed by atoms with Crippen LogP contribution >= 0.6 is 0 Å². The molecule has 0 unspecified atom stereocenters. The lowest BCUT2D eigenvalue weighted by Gasteiger charge is -2.30. The first-order valence-electron chi connectivity index (χ1n) is 9.45. The molecule has 2 aromatic rings. The van der Waals surface area contributed by atoms with E-state index in [2.05, 4.69) is 22.0 Å². The standard InChI is InChI=1S/C18H26N6O/c1-14-8-12-22(13-9-14)17-5-4-15-19-20-16(24(15)21-17)6-7-18(25)23-10-2-3-11-23/h4-5,14H,2-3,6-13H2,1H3. The van der Waals surface area contributed by atoms with Gasteiger partial charge in [-0.15, -0.1) is 15.3 Å². The zero-order chi connectivity index (χ0) is 17.2. The second-order valence-electron chi connectivity index (χ2n) is 7.34. The van der Waals surface area contributed by atoms with Crippen molar-refractivity contribution in [1.29, 1.82) is 0 Å². The molecule has 2 saturated heterocycles. The number of hydrogen-bond donors (Lipinski definition) is 0. The van der Waals surface area contributed by atoms with Crippen LogP contribution in [-0.4, -0.2) is 56.8 Å². The minimum Gasteiger partial charge on any atom is -0.355 e. The summed E-state index contributed by atoms with van der Waals surface area (Å²) in [5.41, 5.74) is 0.748. The number of fused-ring (bicyclic) bond motifs is 1. The molecule has 0 aliphatic carbocycles. The normalized spacial score (nSPS) is 19.1. The van der Waals surface area contributed by atoms with Crippen molar-refractivity contribution in [2.75, 3.05) is 31.1 Å². The molecule has 0 saturated carbocycles. The molecule has 134 valence electrons. The lowest BCUT2D eigenvalue weighted by molar-refractivity contribution is -0.130. The lowest BCUT2D eigenvalue weighted by Crippen LogP contribution is -2.33. The van der Waals surface area contributed by atoms with Gasteiger partial charge >= 0.3 is 0 Å². The maximum atomic E-state index is 12.3. The number of likely N-dealkylation sites (tertiary alicyclic amines) is 1. The Morgan fingerprint density at radius 3 is 2.64 bits per heavy atom. The molecule has 2 aliphatic rings. The molecule has 2 aromatic heterocycles. The van der Waals surface area contributed by atoms with Crippen LogP contribution in [0.3, 0.4) is 0 Å². The molecule has 25 heavy (non-hydrogen) atoms. The van der Waals surface area contributed by atoms with Crippen LogP contribution in [0.2, 0.25) is 0 Å². The number of aryl methyl sites for hydroxylation is 1. The zero-order valence-corrected chi connectivity index (χ0v) is 14.9. The second-order valence-corrected chi connectivity index (χ2v) is 7.34. The maximum absolute atomic E-state index is 12.3.